The molecule has 0 spiro atoms. The molecule has 0 amide bonds. The molecule has 1 aromatic heterocycles. The fourth-order valence-corrected chi connectivity index (χ4v) is 1.19. The highest BCUT2D eigenvalue weighted by molar-refractivity contribution is 4.99. The van der Waals surface area contributed by atoms with Gasteiger partial charge in [-0.2, -0.15) is 0 Å². The van der Waals surface area contributed by atoms with Crippen molar-refractivity contribution in [1.82, 2.24) is 15.0 Å². The lowest BCUT2D eigenvalue weighted by molar-refractivity contribution is 0.522. The van der Waals surface area contributed by atoms with Crippen LogP contribution in [0.4, 0.5) is 0 Å². The Kier molecular flexibility index (Phi) is 3.26. The Balaban J connectivity index is 2.64. The molecule has 1 aromatic rings. The number of unbranched alkanes of at least 4 members (excludes halogenated alkanes) is 1. The van der Waals surface area contributed by atoms with E-state index >= 15 is 0 Å². The molecule has 0 radical (unpaired) electrons. The second-order valence-electron chi connectivity index (χ2n) is 3.39. The third-order valence-corrected chi connectivity index (χ3v) is 1.96. The SMILES string of the molecule is CCCCn1nncc1C(C)C. The fraction of sp³-hybridized carbons (Fsp3) is 0.778. The molecular formula is C9H17N3. The minimum absolute atomic E-state index is 0.525. The Labute approximate surface area is 73.8 Å². The lowest BCUT2D eigenvalue weighted by Crippen LogP contribution is -2.06. The van der Waals surface area contributed by atoms with Crippen molar-refractivity contribution in [2.45, 2.75) is 46.1 Å². The largest absolute Gasteiger partial charge is 0.249 e. The summed E-state index contributed by atoms with van der Waals surface area (Å²) in [7, 11) is 0. The third-order valence-electron chi connectivity index (χ3n) is 1.96. The molecule has 0 aromatic carbocycles. The quantitative estimate of drug-likeness (QED) is 0.688. The van der Waals surface area contributed by atoms with Crippen molar-refractivity contribution in [3.05, 3.63) is 11.9 Å². The van der Waals surface area contributed by atoms with Crippen molar-refractivity contribution in [1.29, 1.82) is 0 Å². The number of rotatable bonds is 4. The van der Waals surface area contributed by atoms with Gasteiger partial charge in [-0.25, -0.2) is 4.68 Å². The second kappa shape index (κ2) is 4.24. The van der Waals surface area contributed by atoms with Crippen LogP contribution in [0.2, 0.25) is 0 Å². The Morgan fingerprint density at radius 1 is 1.50 bits per heavy atom. The van der Waals surface area contributed by atoms with Crippen LogP contribution in [0, 0.1) is 0 Å². The Bertz CT molecular complexity index is 227. The van der Waals surface area contributed by atoms with Gasteiger partial charge in [-0.15, -0.1) is 5.10 Å². The van der Waals surface area contributed by atoms with Crippen molar-refractivity contribution in [3.63, 3.8) is 0 Å². The van der Waals surface area contributed by atoms with Crippen molar-refractivity contribution in [2.24, 2.45) is 0 Å². The van der Waals surface area contributed by atoms with E-state index in [4.69, 9.17) is 0 Å². The van der Waals surface area contributed by atoms with Gasteiger partial charge in [-0.05, 0) is 12.3 Å². The first-order valence-electron chi connectivity index (χ1n) is 4.64. The van der Waals surface area contributed by atoms with Gasteiger partial charge in [0.25, 0.3) is 0 Å². The summed E-state index contributed by atoms with van der Waals surface area (Å²) in [6.45, 7) is 7.53. The first-order valence-corrected chi connectivity index (χ1v) is 4.64. The topological polar surface area (TPSA) is 30.7 Å². The molecule has 68 valence electrons. The van der Waals surface area contributed by atoms with Gasteiger partial charge in [0.2, 0.25) is 0 Å². The van der Waals surface area contributed by atoms with Crippen LogP contribution in [0.1, 0.15) is 45.2 Å². The molecule has 3 nitrogen and oxygen atoms in total. The maximum Gasteiger partial charge on any atom is 0.0727 e. The van der Waals surface area contributed by atoms with E-state index in [9.17, 15) is 0 Å². The van der Waals surface area contributed by atoms with Crippen molar-refractivity contribution in [2.75, 3.05) is 0 Å². The van der Waals surface area contributed by atoms with Crippen molar-refractivity contribution >= 4 is 0 Å². The van der Waals surface area contributed by atoms with E-state index in [2.05, 4.69) is 31.1 Å². The smallest absolute Gasteiger partial charge is 0.0727 e. The van der Waals surface area contributed by atoms with E-state index in [1.54, 1.807) is 0 Å². The summed E-state index contributed by atoms with van der Waals surface area (Å²) >= 11 is 0. The van der Waals surface area contributed by atoms with Gasteiger partial charge in [0.1, 0.15) is 0 Å². The molecular weight excluding hydrogens is 150 g/mol. The first kappa shape index (κ1) is 9.23. The van der Waals surface area contributed by atoms with E-state index in [1.165, 1.54) is 18.5 Å². The van der Waals surface area contributed by atoms with Gasteiger partial charge in [0.15, 0.2) is 0 Å². The maximum atomic E-state index is 4.04. The fourth-order valence-electron chi connectivity index (χ4n) is 1.19. The van der Waals surface area contributed by atoms with Crippen LogP contribution in [0.5, 0.6) is 0 Å². The summed E-state index contributed by atoms with van der Waals surface area (Å²) in [4.78, 5) is 0. The zero-order chi connectivity index (χ0) is 8.97. The normalized spacial score (nSPS) is 11.0. The molecule has 0 saturated carbocycles. The minimum Gasteiger partial charge on any atom is -0.249 e. The Morgan fingerprint density at radius 3 is 2.83 bits per heavy atom. The van der Waals surface area contributed by atoms with Crippen LogP contribution in [0.25, 0.3) is 0 Å². The van der Waals surface area contributed by atoms with Crippen LogP contribution in [0.15, 0.2) is 6.20 Å². The number of hydrogen-bond donors (Lipinski definition) is 0. The molecule has 0 aliphatic heterocycles. The van der Waals surface area contributed by atoms with Crippen LogP contribution < -0.4 is 0 Å². The van der Waals surface area contributed by atoms with Crippen molar-refractivity contribution < 1.29 is 0 Å². The van der Waals surface area contributed by atoms with Gasteiger partial charge in [-0.1, -0.05) is 32.4 Å². The highest BCUT2D eigenvalue weighted by atomic mass is 15.4. The van der Waals surface area contributed by atoms with E-state index in [1.807, 2.05) is 10.9 Å². The van der Waals surface area contributed by atoms with E-state index < -0.39 is 0 Å². The average molecular weight is 167 g/mol. The second-order valence-corrected chi connectivity index (χ2v) is 3.39. The van der Waals surface area contributed by atoms with Crippen molar-refractivity contribution in [3.8, 4) is 0 Å². The van der Waals surface area contributed by atoms with Gasteiger partial charge in [0, 0.05) is 6.54 Å². The molecule has 1 heterocycles. The van der Waals surface area contributed by atoms with Gasteiger partial charge < -0.3 is 0 Å². The lowest BCUT2D eigenvalue weighted by atomic mass is 10.1. The van der Waals surface area contributed by atoms with E-state index in [0.717, 1.165) is 6.54 Å². The molecule has 0 aliphatic carbocycles. The Hall–Kier alpha value is -0.860. The summed E-state index contributed by atoms with van der Waals surface area (Å²) in [5.41, 5.74) is 1.24. The van der Waals surface area contributed by atoms with E-state index in [-0.39, 0.29) is 0 Å². The molecule has 0 fully saturated rings. The predicted molar refractivity (Wildman–Crippen MR) is 49.0 cm³/mol. The summed E-state index contributed by atoms with van der Waals surface area (Å²) in [5.74, 6) is 0.525. The minimum atomic E-state index is 0.525. The van der Waals surface area contributed by atoms with E-state index in [0.29, 0.717) is 5.92 Å². The molecule has 0 N–H and O–H groups in total. The van der Waals surface area contributed by atoms with Gasteiger partial charge >= 0.3 is 0 Å². The summed E-state index contributed by atoms with van der Waals surface area (Å²) in [6.07, 6.45) is 4.25. The van der Waals surface area contributed by atoms with Crippen LogP contribution in [-0.2, 0) is 6.54 Å². The lowest BCUT2D eigenvalue weighted by Gasteiger charge is -2.07. The molecule has 0 atom stereocenters. The number of nitrogens with zero attached hydrogens (tertiary/aromatic N) is 3. The zero-order valence-electron chi connectivity index (χ0n) is 8.12. The predicted octanol–water partition coefficient (Wildman–Crippen LogP) is 2.20. The molecule has 0 aliphatic rings. The molecule has 1 rings (SSSR count). The third kappa shape index (κ3) is 2.06. The summed E-state index contributed by atoms with van der Waals surface area (Å²) < 4.78 is 2.01. The Morgan fingerprint density at radius 2 is 2.25 bits per heavy atom. The maximum absolute atomic E-state index is 4.04. The number of aryl methyl sites for hydroxylation is 1. The highest BCUT2D eigenvalue weighted by Gasteiger charge is 2.06. The monoisotopic (exact) mass is 167 g/mol. The molecule has 0 unspecified atom stereocenters. The first-order chi connectivity index (χ1) is 5.75. The zero-order valence-corrected chi connectivity index (χ0v) is 8.12. The molecule has 0 bridgehead atoms. The molecule has 3 heteroatoms. The molecule has 0 saturated heterocycles. The van der Waals surface area contributed by atoms with Gasteiger partial charge in [0.05, 0.1) is 11.9 Å². The van der Waals surface area contributed by atoms with Crippen LogP contribution >= 0.6 is 0 Å². The average Bonchev–Trinajstić information content (AvgIpc) is 2.48. The van der Waals surface area contributed by atoms with Crippen LogP contribution in [0.3, 0.4) is 0 Å². The number of hydrogen-bond acceptors (Lipinski definition) is 2. The summed E-state index contributed by atoms with van der Waals surface area (Å²) in [6, 6.07) is 0. The summed E-state index contributed by atoms with van der Waals surface area (Å²) in [5, 5.41) is 7.95. The highest BCUT2D eigenvalue weighted by Crippen LogP contribution is 2.12. The number of aromatic nitrogens is 3. The van der Waals surface area contributed by atoms with Crippen LogP contribution in [-0.4, -0.2) is 15.0 Å². The van der Waals surface area contributed by atoms with Gasteiger partial charge in [-0.3, -0.25) is 0 Å². The standard InChI is InChI=1S/C9H17N3/c1-4-5-6-12-9(8(2)3)7-10-11-12/h7-8H,4-6H2,1-3H3. The molecule has 12 heavy (non-hydrogen) atoms.